The Balaban J connectivity index is 1.83. The minimum Gasteiger partial charge on any atom is -0.350 e. The quantitative estimate of drug-likeness (QED) is 0.190. The van der Waals surface area contributed by atoms with Crippen LogP contribution >= 0.6 is 11.6 Å². The summed E-state index contributed by atoms with van der Waals surface area (Å²) in [4.78, 5) is 29.8. The first-order chi connectivity index (χ1) is 21.6. The topological polar surface area (TPSA) is 86.8 Å². The van der Waals surface area contributed by atoms with Gasteiger partial charge in [0.25, 0.3) is 10.0 Å². The molecule has 0 unspecified atom stereocenters. The van der Waals surface area contributed by atoms with Gasteiger partial charge < -0.3 is 10.2 Å². The van der Waals surface area contributed by atoms with Crippen molar-refractivity contribution >= 4 is 39.1 Å². The van der Waals surface area contributed by atoms with E-state index in [1.54, 1.807) is 30.3 Å². The van der Waals surface area contributed by atoms with Gasteiger partial charge in [-0.25, -0.2) is 12.8 Å². The SMILES string of the molecule is Cc1ccc(N(CC(=O)N(Cc2ccc(F)cc2)[C@@H](Cc2ccccc2)C(=O)NC(C)(C)C)S(=O)(=O)c2ccc(Cl)cc2)cc1C. The van der Waals surface area contributed by atoms with Crippen LogP contribution < -0.4 is 9.62 Å². The Kier molecular flexibility index (Phi) is 10.9. The van der Waals surface area contributed by atoms with Gasteiger partial charge in [0.05, 0.1) is 10.6 Å². The summed E-state index contributed by atoms with van der Waals surface area (Å²) in [6.45, 7) is 8.65. The van der Waals surface area contributed by atoms with Crippen LogP contribution in [0.4, 0.5) is 10.1 Å². The highest BCUT2D eigenvalue weighted by molar-refractivity contribution is 7.92. The number of halogens is 2. The highest BCUT2D eigenvalue weighted by atomic mass is 35.5. The Morgan fingerprint density at radius 3 is 2.07 bits per heavy atom. The van der Waals surface area contributed by atoms with Crippen LogP contribution in [0.2, 0.25) is 5.02 Å². The van der Waals surface area contributed by atoms with Gasteiger partial charge in [0.15, 0.2) is 0 Å². The predicted molar refractivity (Wildman–Crippen MR) is 181 cm³/mol. The number of carbonyl (C=O) groups is 2. The molecule has 0 aliphatic carbocycles. The number of amides is 2. The molecule has 4 aromatic rings. The van der Waals surface area contributed by atoms with Crippen molar-refractivity contribution < 1.29 is 22.4 Å². The van der Waals surface area contributed by atoms with Crippen LogP contribution in [0.25, 0.3) is 0 Å². The maximum absolute atomic E-state index is 14.5. The molecule has 0 aliphatic heterocycles. The van der Waals surface area contributed by atoms with Crippen molar-refractivity contribution in [3.05, 3.63) is 130 Å². The fourth-order valence-corrected chi connectivity index (χ4v) is 6.47. The standard InChI is InChI=1S/C36H39ClFN3O4S/c1-25-11-18-31(21-26(25)2)41(46(44,45)32-19-14-29(37)15-20-32)24-34(42)40(23-28-12-16-30(38)17-13-28)33(35(43)39-36(3,4)5)22-27-9-7-6-8-10-27/h6-21,33H,22-24H2,1-5H3,(H,39,43)/t33-/m0/s1. The molecule has 10 heteroatoms. The molecular weight excluding hydrogens is 625 g/mol. The third kappa shape index (κ3) is 8.95. The van der Waals surface area contributed by atoms with Gasteiger partial charge in [0.1, 0.15) is 18.4 Å². The summed E-state index contributed by atoms with van der Waals surface area (Å²) in [6, 6.07) is 24.8. The number of carbonyl (C=O) groups excluding carboxylic acids is 2. The van der Waals surface area contributed by atoms with Crippen LogP contribution in [0.3, 0.4) is 0 Å². The monoisotopic (exact) mass is 663 g/mol. The van der Waals surface area contributed by atoms with Crippen molar-refractivity contribution in [2.24, 2.45) is 0 Å². The summed E-state index contributed by atoms with van der Waals surface area (Å²) in [7, 11) is -4.26. The van der Waals surface area contributed by atoms with E-state index in [4.69, 9.17) is 11.6 Å². The first kappa shape index (κ1) is 34.7. The van der Waals surface area contributed by atoms with Crippen LogP contribution in [0.5, 0.6) is 0 Å². The average molecular weight is 664 g/mol. The average Bonchev–Trinajstić information content (AvgIpc) is 2.99. The smallest absolute Gasteiger partial charge is 0.264 e. The van der Waals surface area contributed by atoms with Gasteiger partial charge in [0.2, 0.25) is 11.8 Å². The van der Waals surface area contributed by atoms with E-state index in [1.807, 2.05) is 65.0 Å². The molecule has 0 radical (unpaired) electrons. The molecule has 242 valence electrons. The van der Waals surface area contributed by atoms with E-state index < -0.39 is 45.8 Å². The molecule has 7 nitrogen and oxygen atoms in total. The fourth-order valence-electron chi connectivity index (χ4n) is 4.94. The highest BCUT2D eigenvalue weighted by Gasteiger charge is 2.35. The normalized spacial score (nSPS) is 12.3. The van der Waals surface area contributed by atoms with E-state index >= 15 is 0 Å². The maximum atomic E-state index is 14.5. The lowest BCUT2D eigenvalue weighted by Gasteiger charge is -2.35. The molecule has 1 atom stereocenters. The minimum atomic E-state index is -4.26. The van der Waals surface area contributed by atoms with Gasteiger partial charge in [-0.15, -0.1) is 0 Å². The number of sulfonamides is 1. The zero-order valence-electron chi connectivity index (χ0n) is 26.6. The lowest BCUT2D eigenvalue weighted by molar-refractivity contribution is -0.140. The summed E-state index contributed by atoms with van der Waals surface area (Å²) in [5, 5.41) is 3.36. The van der Waals surface area contributed by atoms with Crippen LogP contribution in [-0.2, 0) is 32.6 Å². The van der Waals surface area contributed by atoms with E-state index in [9.17, 15) is 22.4 Å². The Labute approximate surface area is 276 Å². The summed E-state index contributed by atoms with van der Waals surface area (Å²) in [5.41, 5.74) is 2.88. The summed E-state index contributed by atoms with van der Waals surface area (Å²) in [6.07, 6.45) is 0.170. The molecular formula is C36H39ClFN3O4S. The zero-order valence-corrected chi connectivity index (χ0v) is 28.2. The number of hydrogen-bond donors (Lipinski definition) is 1. The van der Waals surface area contributed by atoms with E-state index in [0.717, 1.165) is 21.0 Å². The number of nitrogens with one attached hydrogen (secondary N) is 1. The molecule has 2 amide bonds. The number of hydrogen-bond acceptors (Lipinski definition) is 4. The van der Waals surface area contributed by atoms with E-state index in [-0.39, 0.29) is 17.9 Å². The Bertz CT molecular complexity index is 1780. The lowest BCUT2D eigenvalue weighted by atomic mass is 10.0. The van der Waals surface area contributed by atoms with E-state index in [0.29, 0.717) is 16.3 Å². The Hall–Kier alpha value is -4.21. The molecule has 4 rings (SSSR count). The van der Waals surface area contributed by atoms with E-state index in [2.05, 4.69) is 5.32 Å². The molecule has 0 bridgehead atoms. The van der Waals surface area contributed by atoms with Gasteiger partial charge in [0, 0.05) is 23.5 Å². The second-order valence-corrected chi connectivity index (χ2v) is 14.6. The van der Waals surface area contributed by atoms with Gasteiger partial charge in [-0.05, 0) is 105 Å². The van der Waals surface area contributed by atoms with Crippen molar-refractivity contribution in [2.75, 3.05) is 10.8 Å². The Morgan fingerprint density at radius 1 is 0.848 bits per heavy atom. The molecule has 0 saturated heterocycles. The molecule has 0 spiro atoms. The number of benzene rings is 4. The summed E-state index contributed by atoms with van der Waals surface area (Å²) < 4.78 is 43.2. The van der Waals surface area contributed by atoms with Crippen LogP contribution in [0, 0.1) is 19.7 Å². The number of rotatable bonds is 11. The third-order valence-electron chi connectivity index (χ3n) is 7.49. The molecule has 46 heavy (non-hydrogen) atoms. The molecule has 4 aromatic carbocycles. The highest BCUT2D eigenvalue weighted by Crippen LogP contribution is 2.28. The van der Waals surface area contributed by atoms with Crippen molar-refractivity contribution in [2.45, 2.75) is 64.1 Å². The van der Waals surface area contributed by atoms with E-state index in [1.165, 1.54) is 41.3 Å². The second kappa shape index (κ2) is 14.5. The van der Waals surface area contributed by atoms with Gasteiger partial charge in [-0.2, -0.15) is 0 Å². The van der Waals surface area contributed by atoms with Gasteiger partial charge >= 0.3 is 0 Å². The van der Waals surface area contributed by atoms with Crippen LogP contribution in [-0.4, -0.2) is 43.3 Å². The molecule has 0 saturated carbocycles. The lowest BCUT2D eigenvalue weighted by Crippen LogP contribution is -2.56. The van der Waals surface area contributed by atoms with Crippen LogP contribution in [0.15, 0.2) is 102 Å². The second-order valence-electron chi connectivity index (χ2n) is 12.3. The van der Waals surface area contributed by atoms with Crippen molar-refractivity contribution in [3.63, 3.8) is 0 Å². The van der Waals surface area contributed by atoms with Gasteiger partial charge in [-0.1, -0.05) is 60.1 Å². The minimum absolute atomic E-state index is 0.0423. The van der Waals surface area contributed by atoms with Crippen molar-refractivity contribution in [1.29, 1.82) is 0 Å². The fraction of sp³-hybridized carbons (Fsp3) is 0.278. The molecule has 0 heterocycles. The summed E-state index contributed by atoms with van der Waals surface area (Å²) in [5.74, 6) is -1.45. The molecule has 0 aliphatic rings. The number of anilines is 1. The first-order valence-electron chi connectivity index (χ1n) is 14.9. The summed E-state index contributed by atoms with van der Waals surface area (Å²) >= 11 is 6.06. The number of nitrogens with zero attached hydrogens (tertiary/aromatic N) is 2. The number of aryl methyl sites for hydroxylation is 2. The molecule has 1 N–H and O–H groups in total. The van der Waals surface area contributed by atoms with Gasteiger partial charge in [-0.3, -0.25) is 13.9 Å². The Morgan fingerprint density at radius 2 is 1.48 bits per heavy atom. The zero-order chi connectivity index (χ0) is 33.6. The van der Waals surface area contributed by atoms with Crippen molar-refractivity contribution in [1.82, 2.24) is 10.2 Å². The molecule has 0 fully saturated rings. The molecule has 0 aromatic heterocycles. The first-order valence-corrected chi connectivity index (χ1v) is 16.7. The maximum Gasteiger partial charge on any atom is 0.264 e. The van der Waals surface area contributed by atoms with Crippen LogP contribution in [0.1, 0.15) is 43.0 Å². The van der Waals surface area contributed by atoms with Crippen molar-refractivity contribution in [3.8, 4) is 0 Å². The third-order valence-corrected chi connectivity index (χ3v) is 9.53. The largest absolute Gasteiger partial charge is 0.350 e. The predicted octanol–water partition coefficient (Wildman–Crippen LogP) is 6.85.